The van der Waals surface area contributed by atoms with E-state index in [1.807, 2.05) is 25.1 Å². The van der Waals surface area contributed by atoms with Crippen molar-refractivity contribution in [3.05, 3.63) is 41.3 Å². The van der Waals surface area contributed by atoms with Crippen molar-refractivity contribution in [2.24, 2.45) is 0 Å². The third kappa shape index (κ3) is 4.30. The summed E-state index contributed by atoms with van der Waals surface area (Å²) < 4.78 is 5.20. The molecule has 0 aromatic carbocycles. The van der Waals surface area contributed by atoms with Crippen LogP contribution in [0.15, 0.2) is 35.1 Å². The summed E-state index contributed by atoms with van der Waals surface area (Å²) in [4.78, 5) is 19.8. The monoisotopic (exact) mass is 360 g/mol. The van der Waals surface area contributed by atoms with Crippen LogP contribution in [0.5, 0.6) is 0 Å². The van der Waals surface area contributed by atoms with Gasteiger partial charge in [0.2, 0.25) is 0 Å². The largest absolute Gasteiger partial charge is 0.467 e. The van der Waals surface area contributed by atoms with Crippen molar-refractivity contribution in [3.63, 3.8) is 0 Å². The van der Waals surface area contributed by atoms with Gasteiger partial charge in [0.05, 0.1) is 29.6 Å². The molecule has 0 saturated heterocycles. The molecule has 0 atom stereocenters. The van der Waals surface area contributed by atoms with Crippen molar-refractivity contribution < 1.29 is 9.21 Å². The lowest BCUT2D eigenvalue weighted by atomic mass is 10.2. The first-order valence-electron chi connectivity index (χ1n) is 8.14. The Labute approximate surface area is 151 Å². The minimum absolute atomic E-state index is 0.221. The van der Waals surface area contributed by atoms with Gasteiger partial charge in [0, 0.05) is 20.3 Å². The Balaban J connectivity index is 0.000000701. The number of carbonyl (C=O) groups is 1. The lowest BCUT2D eigenvalue weighted by Crippen LogP contribution is -2.22. The number of nitrogens with two attached hydrogens (primary N) is 1. The van der Waals surface area contributed by atoms with Gasteiger partial charge in [0.1, 0.15) is 15.5 Å². The number of nitrogen functional groups attached to an aromatic ring is 1. The van der Waals surface area contributed by atoms with Gasteiger partial charge < -0.3 is 20.4 Å². The molecule has 3 N–H and O–H groups in total. The molecular formula is C18H24N4O2S. The first-order chi connectivity index (χ1) is 12.0. The number of thiophene rings is 1. The summed E-state index contributed by atoms with van der Waals surface area (Å²) in [6.45, 7) is 4.58. The number of pyridine rings is 1. The van der Waals surface area contributed by atoms with Gasteiger partial charge in [0.15, 0.2) is 0 Å². The highest BCUT2D eigenvalue weighted by Crippen LogP contribution is 2.37. The topological polar surface area (TPSA) is 84.4 Å². The van der Waals surface area contributed by atoms with Gasteiger partial charge in [-0.25, -0.2) is 4.98 Å². The average molecular weight is 360 g/mol. The molecule has 0 bridgehead atoms. The molecule has 0 aliphatic carbocycles. The smallest absolute Gasteiger partial charge is 0.263 e. The van der Waals surface area contributed by atoms with Crippen molar-refractivity contribution in [2.75, 3.05) is 24.7 Å². The minimum atomic E-state index is -0.221. The van der Waals surface area contributed by atoms with Crippen molar-refractivity contribution in [1.82, 2.24) is 10.3 Å². The molecule has 3 aromatic heterocycles. The van der Waals surface area contributed by atoms with Crippen LogP contribution in [0.25, 0.3) is 10.2 Å². The van der Waals surface area contributed by atoms with Gasteiger partial charge in [-0.15, -0.1) is 11.3 Å². The number of fused-ring (bicyclic) bond motifs is 1. The fourth-order valence-corrected chi connectivity index (χ4v) is 3.23. The second kappa shape index (κ2) is 8.53. The normalized spacial score (nSPS) is 10.2. The summed E-state index contributed by atoms with van der Waals surface area (Å²) in [6, 6.07) is 5.47. The molecule has 134 valence electrons. The van der Waals surface area contributed by atoms with E-state index in [-0.39, 0.29) is 5.91 Å². The zero-order valence-electron chi connectivity index (χ0n) is 15.0. The third-order valence-electron chi connectivity index (χ3n) is 3.30. The Bertz CT molecular complexity index is 825. The molecule has 1 amide bonds. The van der Waals surface area contributed by atoms with Gasteiger partial charge in [-0.3, -0.25) is 4.79 Å². The maximum atomic E-state index is 12.3. The van der Waals surface area contributed by atoms with Crippen LogP contribution in [-0.4, -0.2) is 25.0 Å². The predicted molar refractivity (Wildman–Crippen MR) is 104 cm³/mol. The Morgan fingerprint density at radius 3 is 2.68 bits per heavy atom. The van der Waals surface area contributed by atoms with Crippen LogP contribution in [0.4, 0.5) is 11.4 Å². The van der Waals surface area contributed by atoms with E-state index >= 15 is 0 Å². The number of amides is 1. The summed E-state index contributed by atoms with van der Waals surface area (Å²) >= 11 is 1.30. The highest BCUT2D eigenvalue weighted by Gasteiger charge is 2.20. The van der Waals surface area contributed by atoms with Gasteiger partial charge in [-0.1, -0.05) is 20.3 Å². The van der Waals surface area contributed by atoms with E-state index in [2.05, 4.69) is 24.1 Å². The molecule has 3 aromatic rings. The summed E-state index contributed by atoms with van der Waals surface area (Å²) in [5, 5.41) is 3.63. The Hall–Kier alpha value is -2.54. The first kappa shape index (κ1) is 18.8. The second-order valence-corrected chi connectivity index (χ2v) is 6.72. The van der Waals surface area contributed by atoms with E-state index in [0.29, 0.717) is 22.9 Å². The molecule has 0 spiro atoms. The number of nitrogens with one attached hydrogen (secondary N) is 1. The molecule has 25 heavy (non-hydrogen) atoms. The van der Waals surface area contributed by atoms with Crippen LogP contribution >= 0.6 is 11.3 Å². The van der Waals surface area contributed by atoms with E-state index in [4.69, 9.17) is 10.2 Å². The lowest BCUT2D eigenvalue weighted by Gasteiger charge is -2.13. The molecular weight excluding hydrogens is 336 g/mol. The Morgan fingerprint density at radius 1 is 1.36 bits per heavy atom. The zero-order valence-corrected chi connectivity index (χ0v) is 15.8. The molecule has 0 saturated carbocycles. The minimum Gasteiger partial charge on any atom is -0.467 e. The van der Waals surface area contributed by atoms with Gasteiger partial charge in [-0.05, 0) is 18.2 Å². The van der Waals surface area contributed by atoms with E-state index in [9.17, 15) is 4.79 Å². The average Bonchev–Trinajstić information content (AvgIpc) is 3.21. The fraction of sp³-hybridized carbons (Fsp3) is 0.333. The van der Waals surface area contributed by atoms with E-state index in [0.717, 1.165) is 15.9 Å². The number of aromatic nitrogens is 1. The standard InChI is InChI=1S/C15H16N4O2S.C3H8/c1-19(2)10-5-6-17-15-11(10)12(16)13(22-15)14(20)18-8-9-4-3-7-21-9;1-3-2/h3-7H,8,16H2,1-2H3,(H,18,20);3H2,1-2H3. The second-order valence-electron chi connectivity index (χ2n) is 5.72. The molecule has 0 fully saturated rings. The summed E-state index contributed by atoms with van der Waals surface area (Å²) in [6.07, 6.45) is 4.54. The summed E-state index contributed by atoms with van der Waals surface area (Å²) in [5.74, 6) is 0.474. The van der Waals surface area contributed by atoms with Crippen LogP contribution in [0.2, 0.25) is 0 Å². The molecule has 0 aliphatic heterocycles. The van der Waals surface area contributed by atoms with Crippen molar-refractivity contribution in [3.8, 4) is 0 Å². The van der Waals surface area contributed by atoms with Crippen molar-refractivity contribution in [2.45, 2.75) is 26.8 Å². The van der Waals surface area contributed by atoms with Crippen LogP contribution in [0.3, 0.4) is 0 Å². The van der Waals surface area contributed by atoms with E-state index in [1.54, 1.807) is 24.6 Å². The number of nitrogens with zero attached hydrogens (tertiary/aromatic N) is 2. The zero-order chi connectivity index (χ0) is 18.4. The SMILES string of the molecule is CCC.CN(C)c1ccnc2sc(C(=O)NCc3ccco3)c(N)c12. The highest BCUT2D eigenvalue weighted by molar-refractivity contribution is 7.21. The number of anilines is 2. The first-order valence-corrected chi connectivity index (χ1v) is 8.96. The van der Waals surface area contributed by atoms with Crippen molar-refractivity contribution in [1.29, 1.82) is 0 Å². The highest BCUT2D eigenvalue weighted by atomic mass is 32.1. The van der Waals surface area contributed by atoms with E-state index < -0.39 is 0 Å². The van der Waals surface area contributed by atoms with Crippen LogP contribution in [0.1, 0.15) is 35.7 Å². The van der Waals surface area contributed by atoms with Crippen LogP contribution in [-0.2, 0) is 6.54 Å². The fourth-order valence-electron chi connectivity index (χ4n) is 2.23. The molecule has 0 aliphatic rings. The molecule has 3 rings (SSSR count). The Morgan fingerprint density at radius 2 is 2.08 bits per heavy atom. The molecule has 0 radical (unpaired) electrons. The number of hydrogen-bond acceptors (Lipinski definition) is 6. The van der Waals surface area contributed by atoms with Crippen LogP contribution in [0, 0.1) is 0 Å². The van der Waals surface area contributed by atoms with Crippen molar-refractivity contribution >= 4 is 38.8 Å². The number of furan rings is 1. The predicted octanol–water partition coefficient (Wildman–Crippen LogP) is 3.88. The number of rotatable bonds is 4. The molecule has 6 nitrogen and oxygen atoms in total. The summed E-state index contributed by atoms with van der Waals surface area (Å²) in [7, 11) is 3.87. The van der Waals surface area contributed by atoms with Gasteiger partial charge in [-0.2, -0.15) is 0 Å². The molecule has 7 heteroatoms. The van der Waals surface area contributed by atoms with E-state index in [1.165, 1.54) is 17.8 Å². The molecule has 0 unspecified atom stereocenters. The summed E-state index contributed by atoms with van der Waals surface area (Å²) in [5.41, 5.74) is 7.60. The van der Waals surface area contributed by atoms with Gasteiger partial charge in [0.25, 0.3) is 5.91 Å². The molecule has 3 heterocycles. The van der Waals surface area contributed by atoms with Gasteiger partial charge >= 0.3 is 0 Å². The maximum absolute atomic E-state index is 12.3. The van der Waals surface area contributed by atoms with Crippen LogP contribution < -0.4 is 16.0 Å². The lowest BCUT2D eigenvalue weighted by molar-refractivity contribution is 0.0953. The maximum Gasteiger partial charge on any atom is 0.263 e. The number of hydrogen-bond donors (Lipinski definition) is 2. The Kier molecular flexibility index (Phi) is 6.41. The quantitative estimate of drug-likeness (QED) is 0.737. The third-order valence-corrected chi connectivity index (χ3v) is 4.41. The number of carbonyl (C=O) groups excluding carboxylic acids is 1.